The summed E-state index contributed by atoms with van der Waals surface area (Å²) in [7, 11) is 0. The van der Waals surface area contributed by atoms with Crippen molar-refractivity contribution in [1.29, 1.82) is 0 Å². The summed E-state index contributed by atoms with van der Waals surface area (Å²) < 4.78 is 2.51. The molecular formula is C60H56Ir2N2O4S2-2. The predicted octanol–water partition coefficient (Wildman–Crippen LogP) is 16.5. The molecule has 0 fully saturated rings. The third kappa shape index (κ3) is 16.0. The molecule has 0 aliphatic rings. The van der Waals surface area contributed by atoms with Gasteiger partial charge in [0.25, 0.3) is 0 Å². The summed E-state index contributed by atoms with van der Waals surface area (Å²) in [6.07, 6.45) is 6.27. The number of nitrogens with zero attached hydrogens (tertiary/aromatic N) is 2. The molecule has 9 aromatic rings. The van der Waals surface area contributed by atoms with Gasteiger partial charge in [0, 0.05) is 94.7 Å². The first-order chi connectivity index (χ1) is 32.4. The molecule has 0 saturated carbocycles. The largest absolute Gasteiger partial charge is 0.512 e. The van der Waals surface area contributed by atoms with Crippen molar-refractivity contribution in [3.8, 4) is 54.5 Å². The van der Waals surface area contributed by atoms with Gasteiger partial charge in [0.05, 0.1) is 11.5 Å². The van der Waals surface area contributed by atoms with Crippen LogP contribution < -0.4 is 0 Å². The van der Waals surface area contributed by atoms with Gasteiger partial charge >= 0.3 is 0 Å². The quantitative estimate of drug-likeness (QED) is 0.0937. The van der Waals surface area contributed by atoms with E-state index in [4.69, 9.17) is 10.2 Å². The summed E-state index contributed by atoms with van der Waals surface area (Å²) in [5, 5.41) is 19.1. The molecule has 4 heterocycles. The standard InChI is InChI=1S/C27H20NS.C23H20NS.2C5H8O2.2Ir/c1-18-7-6-8-19(2)27(18)22-13-11-21(12-14-22)25-15-23-17-28-24(16-26(23)29-25)20-9-4-3-5-10-20;1-23(2,3)19-11-9-17(10-12-19)21-13-18-15-24-20(14-22(18)25-21)16-7-5-4-6-8-16;2*1-4(6)3-5(2)7;;/h3-9,11-17H,1-2H3;4-7,9-15H,1-3H3;2*3,6H,1-2H3;;/q2*-1;;;;. The Kier molecular flexibility index (Phi) is 21.3. The summed E-state index contributed by atoms with van der Waals surface area (Å²) in [5.41, 5.74) is 13.3. The van der Waals surface area contributed by atoms with Crippen molar-refractivity contribution in [2.45, 2.75) is 67.7 Å². The minimum Gasteiger partial charge on any atom is -0.512 e. The van der Waals surface area contributed by atoms with Crippen molar-refractivity contribution >= 4 is 54.4 Å². The molecule has 6 nitrogen and oxygen atoms in total. The first-order valence-electron chi connectivity index (χ1n) is 22.2. The number of aliphatic hydroxyl groups excluding tert-OH is 2. The van der Waals surface area contributed by atoms with E-state index >= 15 is 0 Å². The second kappa shape index (κ2) is 26.3. The Morgan fingerprint density at radius 3 is 1.29 bits per heavy atom. The number of benzene rings is 5. The number of allylic oxidation sites excluding steroid dienone is 4. The van der Waals surface area contributed by atoms with E-state index in [1.54, 1.807) is 0 Å². The van der Waals surface area contributed by atoms with Crippen LogP contribution in [-0.2, 0) is 55.2 Å². The van der Waals surface area contributed by atoms with Crippen molar-refractivity contribution in [1.82, 2.24) is 9.97 Å². The monoisotopic (exact) mass is 1320 g/mol. The van der Waals surface area contributed by atoms with E-state index in [0.717, 1.165) is 22.5 Å². The van der Waals surface area contributed by atoms with Crippen LogP contribution in [0, 0.1) is 26.0 Å². The fraction of sp³-hybridized carbons (Fsp3) is 0.167. The number of carbonyl (C=O) groups is 2. The van der Waals surface area contributed by atoms with E-state index in [9.17, 15) is 9.59 Å². The molecule has 0 aliphatic carbocycles. The molecule has 5 aromatic carbocycles. The maximum absolute atomic E-state index is 10.0. The van der Waals surface area contributed by atoms with Gasteiger partial charge in [-0.1, -0.05) is 99.6 Å². The van der Waals surface area contributed by atoms with E-state index in [1.165, 1.54) is 109 Å². The number of ketones is 2. The number of fused-ring (bicyclic) bond motifs is 2. The number of rotatable bonds is 7. The van der Waals surface area contributed by atoms with Crippen LogP contribution in [0.15, 0.2) is 176 Å². The second-order valence-corrected chi connectivity index (χ2v) is 19.6. The molecular weight excluding hydrogens is 1260 g/mol. The molecule has 0 saturated heterocycles. The van der Waals surface area contributed by atoms with Gasteiger partial charge in [-0.05, 0) is 109 Å². The molecule has 362 valence electrons. The number of thiophene rings is 2. The summed E-state index contributed by atoms with van der Waals surface area (Å²) >= 11 is 3.63. The molecule has 9 rings (SSSR count). The zero-order valence-electron chi connectivity index (χ0n) is 40.7. The van der Waals surface area contributed by atoms with Crippen LogP contribution >= 0.6 is 22.7 Å². The minimum absolute atomic E-state index is 0. The summed E-state index contributed by atoms with van der Waals surface area (Å²) in [4.78, 5) is 31.8. The molecule has 0 unspecified atom stereocenters. The Balaban J connectivity index is 0.000000236. The Hall–Kier alpha value is -5.96. The fourth-order valence-corrected chi connectivity index (χ4v) is 9.50. The molecule has 0 aliphatic heterocycles. The average Bonchev–Trinajstić information content (AvgIpc) is 3.94. The van der Waals surface area contributed by atoms with Gasteiger partial charge in [0.1, 0.15) is 0 Å². The maximum atomic E-state index is 10.0. The Bertz CT molecular complexity index is 3150. The van der Waals surface area contributed by atoms with Crippen molar-refractivity contribution in [3.05, 3.63) is 204 Å². The molecule has 0 atom stereocenters. The summed E-state index contributed by atoms with van der Waals surface area (Å²) in [5.74, 6) is -0.125. The molecule has 2 N–H and O–H groups in total. The maximum Gasteiger partial charge on any atom is 0.155 e. The number of hydrogen-bond acceptors (Lipinski definition) is 8. The fourth-order valence-electron chi connectivity index (χ4n) is 7.35. The Labute approximate surface area is 447 Å². The smallest absolute Gasteiger partial charge is 0.155 e. The molecule has 0 amide bonds. The SMILES string of the molecule is CC(=O)C=C(C)O.CC(=O)C=C(C)O.CC(C)(C)c1ccc(-c2cc3cnc(-c4[c-]cccc4)cc3s2)cc1.Cc1cccc(C)c1-c1ccc(-c2cc3cnc(-c4[c-]cccc4)cc3s2)cc1.[Ir].[Ir]. The molecule has 4 aromatic heterocycles. The summed E-state index contributed by atoms with van der Waals surface area (Å²) in [6, 6.07) is 55.6. The molecule has 0 spiro atoms. The number of aryl methyl sites for hydroxylation is 2. The van der Waals surface area contributed by atoms with Crippen LogP contribution in [-0.4, -0.2) is 31.7 Å². The number of aromatic nitrogens is 2. The van der Waals surface area contributed by atoms with Crippen LogP contribution in [0.3, 0.4) is 0 Å². The zero-order chi connectivity index (χ0) is 49.0. The second-order valence-electron chi connectivity index (χ2n) is 17.5. The average molecular weight is 1320 g/mol. The number of aliphatic hydroxyl groups is 2. The Morgan fingerprint density at radius 2 is 0.943 bits per heavy atom. The third-order valence-corrected chi connectivity index (χ3v) is 12.9. The van der Waals surface area contributed by atoms with Crippen LogP contribution in [0.25, 0.3) is 74.7 Å². The number of pyridine rings is 2. The van der Waals surface area contributed by atoms with E-state index in [2.05, 4.69) is 154 Å². The summed E-state index contributed by atoms with van der Waals surface area (Å²) in [6.45, 7) is 16.8. The molecule has 2 radical (unpaired) electrons. The van der Waals surface area contributed by atoms with E-state index in [0.29, 0.717) is 0 Å². The molecule has 0 bridgehead atoms. The minimum atomic E-state index is -0.125. The normalized spacial score (nSPS) is 11.1. The van der Waals surface area contributed by atoms with E-state index < -0.39 is 0 Å². The van der Waals surface area contributed by atoms with Crippen molar-refractivity contribution in [2.24, 2.45) is 0 Å². The molecule has 70 heavy (non-hydrogen) atoms. The van der Waals surface area contributed by atoms with Gasteiger partial charge < -0.3 is 20.2 Å². The number of hydrogen-bond donors (Lipinski definition) is 2. The third-order valence-electron chi connectivity index (χ3n) is 10.6. The van der Waals surface area contributed by atoms with Crippen LogP contribution in [0.5, 0.6) is 0 Å². The first-order valence-corrected chi connectivity index (χ1v) is 23.9. The van der Waals surface area contributed by atoms with Gasteiger partial charge in [-0.15, -0.1) is 94.5 Å². The van der Waals surface area contributed by atoms with Crippen molar-refractivity contribution in [2.75, 3.05) is 0 Å². The Morgan fingerprint density at radius 1 is 0.543 bits per heavy atom. The van der Waals surface area contributed by atoms with E-state index in [-0.39, 0.29) is 68.7 Å². The van der Waals surface area contributed by atoms with Gasteiger partial charge in [0.15, 0.2) is 11.6 Å². The van der Waals surface area contributed by atoms with Gasteiger partial charge in [-0.25, -0.2) is 0 Å². The van der Waals surface area contributed by atoms with Gasteiger partial charge in [-0.3, -0.25) is 9.59 Å². The van der Waals surface area contributed by atoms with Crippen LogP contribution in [0.2, 0.25) is 0 Å². The first kappa shape index (κ1) is 56.6. The van der Waals surface area contributed by atoms with E-state index in [1.807, 2.05) is 77.5 Å². The van der Waals surface area contributed by atoms with Crippen LogP contribution in [0.4, 0.5) is 0 Å². The van der Waals surface area contributed by atoms with Gasteiger partial charge in [0.2, 0.25) is 0 Å². The zero-order valence-corrected chi connectivity index (χ0v) is 47.1. The van der Waals surface area contributed by atoms with Crippen molar-refractivity contribution in [3.63, 3.8) is 0 Å². The predicted molar refractivity (Wildman–Crippen MR) is 286 cm³/mol. The van der Waals surface area contributed by atoms with Crippen molar-refractivity contribution < 1.29 is 60.0 Å². The topological polar surface area (TPSA) is 100 Å². The van der Waals surface area contributed by atoms with Gasteiger partial charge in [-0.2, -0.15) is 0 Å². The van der Waals surface area contributed by atoms with Crippen LogP contribution in [0.1, 0.15) is 65.2 Å². The molecule has 10 heteroatoms. The number of carbonyl (C=O) groups excluding carboxylic acids is 2.